The molecule has 3 rings (SSSR count). The van der Waals surface area contributed by atoms with Crippen molar-refractivity contribution >= 4 is 5.78 Å². The molecule has 1 aliphatic carbocycles. The van der Waals surface area contributed by atoms with Crippen LogP contribution in [0.3, 0.4) is 0 Å². The van der Waals surface area contributed by atoms with Gasteiger partial charge in [-0.3, -0.25) is 9.69 Å². The van der Waals surface area contributed by atoms with Crippen molar-refractivity contribution in [3.05, 3.63) is 71.8 Å². The summed E-state index contributed by atoms with van der Waals surface area (Å²) in [5, 5.41) is 0. The van der Waals surface area contributed by atoms with Gasteiger partial charge in [-0.15, -0.1) is 0 Å². The van der Waals surface area contributed by atoms with Crippen molar-refractivity contribution in [2.45, 2.75) is 52.6 Å². The molecule has 0 spiro atoms. The summed E-state index contributed by atoms with van der Waals surface area (Å²) in [7, 11) is 0. The van der Waals surface area contributed by atoms with Crippen molar-refractivity contribution in [1.82, 2.24) is 4.90 Å². The van der Waals surface area contributed by atoms with Crippen molar-refractivity contribution in [2.75, 3.05) is 6.54 Å². The fourth-order valence-electron chi connectivity index (χ4n) is 2.83. The normalized spacial score (nSPS) is 13.7. The first-order valence-corrected chi connectivity index (χ1v) is 9.43. The summed E-state index contributed by atoms with van der Waals surface area (Å²) in [4.78, 5) is 13.6. The largest absolute Gasteiger partial charge is 0.300 e. The third-order valence-corrected chi connectivity index (χ3v) is 4.67. The zero-order chi connectivity index (χ0) is 17.9. The number of nitrogens with zero attached hydrogens (tertiary/aromatic N) is 1. The van der Waals surface area contributed by atoms with E-state index in [0.29, 0.717) is 6.42 Å². The highest BCUT2D eigenvalue weighted by Crippen LogP contribution is 2.24. The first-order valence-electron chi connectivity index (χ1n) is 9.43. The molecule has 0 aliphatic heterocycles. The molecule has 2 aromatic rings. The van der Waals surface area contributed by atoms with Crippen LogP contribution in [0.4, 0.5) is 0 Å². The Morgan fingerprint density at radius 3 is 1.68 bits per heavy atom. The topological polar surface area (TPSA) is 20.3 Å². The second-order valence-electron chi connectivity index (χ2n) is 7.17. The Morgan fingerprint density at radius 2 is 1.36 bits per heavy atom. The fourth-order valence-corrected chi connectivity index (χ4v) is 2.83. The first-order chi connectivity index (χ1) is 12.1. The van der Waals surface area contributed by atoms with Gasteiger partial charge in [0.25, 0.3) is 0 Å². The van der Waals surface area contributed by atoms with Crippen LogP contribution in [0.2, 0.25) is 0 Å². The summed E-state index contributed by atoms with van der Waals surface area (Å²) in [5.74, 6) is 1.31. The molecule has 1 aliphatic rings. The molecular formula is C23H31NO. The third-order valence-electron chi connectivity index (χ3n) is 4.67. The van der Waals surface area contributed by atoms with Gasteiger partial charge in [0.1, 0.15) is 5.78 Å². The molecule has 0 atom stereocenters. The zero-order valence-electron chi connectivity index (χ0n) is 15.7. The summed E-state index contributed by atoms with van der Waals surface area (Å²) < 4.78 is 0. The number of rotatable bonds is 7. The van der Waals surface area contributed by atoms with Crippen LogP contribution in [-0.2, 0) is 17.9 Å². The lowest BCUT2D eigenvalue weighted by molar-refractivity contribution is -0.117. The summed E-state index contributed by atoms with van der Waals surface area (Å²) in [6.45, 7) is 6.53. The minimum atomic E-state index is 0.246. The van der Waals surface area contributed by atoms with Gasteiger partial charge in [-0.1, -0.05) is 86.8 Å². The molecule has 0 unspecified atom stereocenters. The molecule has 1 fully saturated rings. The molecule has 0 saturated heterocycles. The van der Waals surface area contributed by atoms with Gasteiger partial charge in [-0.25, -0.2) is 0 Å². The number of ketones is 1. The Labute approximate surface area is 152 Å². The van der Waals surface area contributed by atoms with E-state index in [-0.39, 0.29) is 5.78 Å². The average Bonchev–Trinajstić information content (AvgIpc) is 2.60. The molecule has 2 heteroatoms. The Bertz CT molecular complexity index is 563. The maximum Gasteiger partial charge on any atom is 0.131 e. The van der Waals surface area contributed by atoms with Gasteiger partial charge in [0, 0.05) is 26.1 Å². The predicted octanol–water partition coefficient (Wildman–Crippen LogP) is 5.47. The van der Waals surface area contributed by atoms with Crippen LogP contribution in [0.15, 0.2) is 60.7 Å². The van der Waals surface area contributed by atoms with Crippen LogP contribution in [0.25, 0.3) is 0 Å². The van der Waals surface area contributed by atoms with Crippen LogP contribution in [0.5, 0.6) is 0 Å². The summed E-state index contributed by atoms with van der Waals surface area (Å²) in [5.41, 5.74) is 2.57. The van der Waals surface area contributed by atoms with E-state index in [1.54, 1.807) is 6.92 Å². The molecule has 2 nitrogen and oxygen atoms in total. The van der Waals surface area contributed by atoms with Crippen LogP contribution in [0.1, 0.15) is 50.7 Å². The van der Waals surface area contributed by atoms with E-state index in [2.05, 4.69) is 60.4 Å². The molecule has 0 heterocycles. The zero-order valence-corrected chi connectivity index (χ0v) is 15.7. The minimum absolute atomic E-state index is 0.246. The maximum atomic E-state index is 11.2. The van der Waals surface area contributed by atoms with E-state index < -0.39 is 0 Å². The number of Topliss-reactive ketones (excluding diaryl/α,β-unsaturated/α-hetero) is 1. The van der Waals surface area contributed by atoms with E-state index in [1.165, 1.54) is 30.4 Å². The highest BCUT2D eigenvalue weighted by Gasteiger charge is 2.09. The number of hydrogen-bond acceptors (Lipinski definition) is 2. The van der Waals surface area contributed by atoms with Crippen LogP contribution in [-0.4, -0.2) is 17.2 Å². The highest BCUT2D eigenvalue weighted by molar-refractivity contribution is 5.75. The number of carbonyl (C=O) groups excluding carboxylic acids is 1. The molecule has 25 heavy (non-hydrogen) atoms. The van der Waals surface area contributed by atoms with E-state index >= 15 is 0 Å². The van der Waals surface area contributed by atoms with E-state index in [9.17, 15) is 4.79 Å². The van der Waals surface area contributed by atoms with Crippen molar-refractivity contribution in [2.24, 2.45) is 5.92 Å². The van der Waals surface area contributed by atoms with Gasteiger partial charge in [0.05, 0.1) is 0 Å². The molecule has 0 amide bonds. The van der Waals surface area contributed by atoms with Gasteiger partial charge in [-0.05, 0) is 24.0 Å². The molecule has 0 aromatic heterocycles. The van der Waals surface area contributed by atoms with Gasteiger partial charge in [0.15, 0.2) is 0 Å². The Morgan fingerprint density at radius 1 is 0.920 bits per heavy atom. The Balaban J connectivity index is 0.000000386. The van der Waals surface area contributed by atoms with Gasteiger partial charge >= 0.3 is 0 Å². The monoisotopic (exact) mass is 337 g/mol. The highest BCUT2D eigenvalue weighted by atomic mass is 16.1. The summed E-state index contributed by atoms with van der Waals surface area (Å²) in [6, 6.07) is 20.8. The maximum absolute atomic E-state index is 11.2. The number of carbonyl (C=O) groups is 1. The van der Waals surface area contributed by atoms with Crippen LogP contribution >= 0.6 is 0 Å². The molecule has 0 N–H and O–H groups in total. The number of benzene rings is 2. The second kappa shape index (κ2) is 10.8. The Hall–Kier alpha value is -1.93. The van der Waals surface area contributed by atoms with Crippen LogP contribution in [0, 0.1) is 5.92 Å². The van der Waals surface area contributed by atoms with E-state index in [4.69, 9.17) is 0 Å². The first kappa shape index (κ1) is 19.4. The quantitative estimate of drug-likeness (QED) is 0.667. The fraction of sp³-hybridized carbons (Fsp3) is 0.435. The van der Waals surface area contributed by atoms with Crippen molar-refractivity contribution in [3.63, 3.8) is 0 Å². The second-order valence-corrected chi connectivity index (χ2v) is 7.17. The summed E-state index contributed by atoms with van der Waals surface area (Å²) in [6.07, 6.45) is 5.07. The van der Waals surface area contributed by atoms with Gasteiger partial charge in [-0.2, -0.15) is 0 Å². The van der Waals surface area contributed by atoms with Crippen molar-refractivity contribution < 1.29 is 4.79 Å². The lowest BCUT2D eigenvalue weighted by atomic mass is 9.88. The van der Waals surface area contributed by atoms with E-state index in [1.807, 2.05) is 12.1 Å². The van der Waals surface area contributed by atoms with Gasteiger partial charge in [0.2, 0.25) is 0 Å². The molecule has 0 bridgehead atoms. The third kappa shape index (κ3) is 8.13. The molecule has 2 aromatic carbocycles. The molecule has 0 radical (unpaired) electrons. The Kier molecular flexibility index (Phi) is 8.41. The van der Waals surface area contributed by atoms with Crippen LogP contribution < -0.4 is 0 Å². The van der Waals surface area contributed by atoms with E-state index in [0.717, 1.165) is 25.6 Å². The molecule has 134 valence electrons. The van der Waals surface area contributed by atoms with Crippen molar-refractivity contribution in [3.8, 4) is 0 Å². The summed E-state index contributed by atoms with van der Waals surface area (Å²) >= 11 is 0. The molecule has 1 saturated carbocycles. The lowest BCUT2D eigenvalue weighted by Gasteiger charge is -2.22. The average molecular weight is 338 g/mol. The van der Waals surface area contributed by atoms with Crippen molar-refractivity contribution in [1.29, 1.82) is 0 Å². The SMILES string of the molecule is CC(=O)CCN(Cc1ccccc1)Cc1ccccc1.CC1CCC1. The smallest absolute Gasteiger partial charge is 0.131 e. The minimum Gasteiger partial charge on any atom is -0.300 e. The standard InChI is InChI=1S/C18H21NO.C5H10/c1-16(20)12-13-19(14-17-8-4-2-5-9-17)15-18-10-6-3-7-11-18;1-5-3-2-4-5/h2-11H,12-15H2,1H3;5H,2-4H2,1H3. The predicted molar refractivity (Wildman–Crippen MR) is 105 cm³/mol. The molecular weight excluding hydrogens is 306 g/mol. The number of hydrogen-bond donors (Lipinski definition) is 0. The van der Waals surface area contributed by atoms with Gasteiger partial charge < -0.3 is 0 Å². The lowest BCUT2D eigenvalue weighted by Crippen LogP contribution is -2.25.